The summed E-state index contributed by atoms with van der Waals surface area (Å²) in [7, 11) is -4.59. The number of hydrogen-bond donors (Lipinski definition) is 3. The number of carbonyl (C=O) groups excluding carboxylic acids is 1. The highest BCUT2D eigenvalue weighted by atomic mass is 32.2. The summed E-state index contributed by atoms with van der Waals surface area (Å²) < 4.78 is 54.6. The predicted octanol–water partition coefficient (Wildman–Crippen LogP) is 7.64. The van der Waals surface area contributed by atoms with E-state index in [0.717, 1.165) is 87.7 Å². The number of hydrogen-bond acceptors (Lipinski definition) is 14. The molecule has 18 heteroatoms. The Bertz CT molecular complexity index is 2910. The second-order valence-corrected chi connectivity index (χ2v) is 21.9. The molecule has 12 rings (SSSR count). The van der Waals surface area contributed by atoms with E-state index in [0.29, 0.717) is 61.9 Å². The number of benzene rings is 3. The number of aromatic nitrogens is 2. The average Bonchev–Trinajstić information content (AvgIpc) is 4.10. The number of rotatable bonds is 10. The first-order valence-electron chi connectivity index (χ1n) is 24.6. The lowest BCUT2D eigenvalue weighted by molar-refractivity contribution is -0.384. The molecular formula is C51H58N8O9S. The number of fused-ring (bicyclic) bond motifs is 5. The molecule has 3 aromatic carbocycles. The minimum atomic E-state index is -4.59. The van der Waals surface area contributed by atoms with Crippen LogP contribution in [0.1, 0.15) is 80.1 Å². The smallest absolute Gasteiger partial charge is 0.293 e. The first-order chi connectivity index (χ1) is 33.6. The van der Waals surface area contributed by atoms with Gasteiger partial charge in [-0.1, -0.05) is 18.2 Å². The van der Waals surface area contributed by atoms with Crippen LogP contribution in [0.5, 0.6) is 11.6 Å². The Morgan fingerprint density at radius 1 is 0.899 bits per heavy atom. The SMILES string of the molecule is O=C(NS(=O)(=O)c1ccc(NCC2CCOCC2)c([N+](=O)[O-])c1)c1ccc(N2CCC3(CC2)CC(N2CCCC24CCCOc2ccccc24)C3)cc1N1c2cc3cc[nH]c3nc2O[C@@H]2COC[C@H]21. The van der Waals surface area contributed by atoms with Crippen molar-refractivity contribution in [3.05, 3.63) is 100 Å². The molecule has 17 nitrogen and oxygen atoms in total. The van der Waals surface area contributed by atoms with Crippen LogP contribution in [0.25, 0.3) is 11.0 Å². The molecule has 5 fully saturated rings. The average molecular weight is 959 g/mol. The van der Waals surface area contributed by atoms with Gasteiger partial charge >= 0.3 is 0 Å². The summed E-state index contributed by atoms with van der Waals surface area (Å²) >= 11 is 0. The van der Waals surface area contributed by atoms with Crippen LogP contribution >= 0.6 is 0 Å². The Balaban J connectivity index is 0.823. The number of sulfonamides is 1. The van der Waals surface area contributed by atoms with E-state index in [4.69, 9.17) is 23.9 Å². The molecule has 2 aromatic heterocycles. The summed E-state index contributed by atoms with van der Waals surface area (Å²) in [4.78, 5) is 41.1. The Morgan fingerprint density at radius 3 is 2.57 bits per heavy atom. The van der Waals surface area contributed by atoms with Gasteiger partial charge in [0.05, 0.1) is 52.5 Å². The highest BCUT2D eigenvalue weighted by molar-refractivity contribution is 7.90. The van der Waals surface area contributed by atoms with E-state index in [1.807, 2.05) is 35.4 Å². The van der Waals surface area contributed by atoms with Gasteiger partial charge < -0.3 is 39.0 Å². The van der Waals surface area contributed by atoms with Crippen LogP contribution in [0.2, 0.25) is 0 Å². The third-order valence-electron chi connectivity index (χ3n) is 16.3. The van der Waals surface area contributed by atoms with Crippen LogP contribution in [-0.2, 0) is 25.0 Å². The Hall–Kier alpha value is -5.95. The summed E-state index contributed by atoms with van der Waals surface area (Å²) in [5.74, 6) is 0.816. The summed E-state index contributed by atoms with van der Waals surface area (Å²) in [6, 6.07) is 22.0. The topological polar surface area (TPSA) is 194 Å². The number of nitro groups is 1. The van der Waals surface area contributed by atoms with Crippen LogP contribution in [0.4, 0.5) is 28.4 Å². The van der Waals surface area contributed by atoms with Gasteiger partial charge in [0.15, 0.2) is 0 Å². The Morgan fingerprint density at radius 2 is 1.72 bits per heavy atom. The molecule has 4 saturated heterocycles. The van der Waals surface area contributed by atoms with Gasteiger partial charge in [-0.3, -0.25) is 19.8 Å². The fourth-order valence-corrected chi connectivity index (χ4v) is 13.7. The van der Waals surface area contributed by atoms with Crippen LogP contribution in [0.3, 0.4) is 0 Å². The molecule has 1 aliphatic carbocycles. The molecular weight excluding hydrogens is 901 g/mol. The standard InChI is InChI=1S/C51H58N8O9S/c60-48(55-69(63,64)37-8-10-40(42(27-37)59(61)62)53-30-33-12-23-65-24-13-33)38-9-7-35(26-41(38)58-43-25-34-11-18-52-47(34)54-49(43)68-46-32-66-31-44(46)58)56-20-16-50(17-21-56)28-36(29-50)57-19-3-14-51(57)15-4-22-67-45-6-2-1-5-39(45)51/h1-2,5-11,18,25-27,33,36,44,46,53H,3-4,12-17,19-24,28-32H2,(H,52,54)(H,55,60)/t44-,46-,51?/m1/s1. The summed E-state index contributed by atoms with van der Waals surface area (Å²) in [5, 5.41) is 16.3. The quantitative estimate of drug-likeness (QED) is 0.0913. The van der Waals surface area contributed by atoms with E-state index in [1.165, 1.54) is 43.4 Å². The van der Waals surface area contributed by atoms with E-state index in [-0.39, 0.29) is 34.2 Å². The molecule has 2 spiro atoms. The van der Waals surface area contributed by atoms with Crippen molar-refractivity contribution < 1.29 is 37.1 Å². The number of H-pyrrole nitrogens is 1. The van der Waals surface area contributed by atoms with Gasteiger partial charge in [-0.05, 0) is 131 Å². The normalized spacial score (nSPS) is 24.8. The first-order valence-corrected chi connectivity index (χ1v) is 26.1. The number of pyridine rings is 1. The number of ether oxygens (including phenoxy) is 4. The number of aromatic amines is 1. The maximum Gasteiger partial charge on any atom is 0.293 e. The van der Waals surface area contributed by atoms with Crippen LogP contribution < -0.4 is 29.3 Å². The molecule has 8 heterocycles. The van der Waals surface area contributed by atoms with Crippen molar-refractivity contribution in [1.29, 1.82) is 0 Å². The number of para-hydroxylation sites is 1. The van der Waals surface area contributed by atoms with Crippen molar-refractivity contribution in [2.45, 2.75) is 92.8 Å². The van der Waals surface area contributed by atoms with Gasteiger partial charge in [0.25, 0.3) is 21.6 Å². The van der Waals surface area contributed by atoms with Crippen LogP contribution in [0, 0.1) is 21.4 Å². The molecule has 1 amide bonds. The van der Waals surface area contributed by atoms with E-state index >= 15 is 0 Å². The van der Waals surface area contributed by atoms with Crippen LogP contribution in [0.15, 0.2) is 83.9 Å². The first kappa shape index (κ1) is 44.3. The van der Waals surface area contributed by atoms with Crippen molar-refractivity contribution in [3.63, 3.8) is 0 Å². The lowest BCUT2D eigenvalue weighted by Gasteiger charge is -2.58. The minimum absolute atomic E-state index is 0.0400. The third kappa shape index (κ3) is 7.92. The van der Waals surface area contributed by atoms with Gasteiger partial charge in [-0.25, -0.2) is 13.1 Å². The number of carbonyl (C=O) groups is 1. The van der Waals surface area contributed by atoms with E-state index in [9.17, 15) is 23.3 Å². The van der Waals surface area contributed by atoms with Crippen molar-refractivity contribution in [1.82, 2.24) is 19.6 Å². The van der Waals surface area contributed by atoms with Gasteiger partial charge in [-0.2, -0.15) is 4.98 Å². The number of amides is 1. The largest absolute Gasteiger partial charge is 0.493 e. The zero-order chi connectivity index (χ0) is 46.9. The number of nitrogens with zero attached hydrogens (tertiary/aromatic N) is 5. The zero-order valence-electron chi connectivity index (χ0n) is 38.6. The van der Waals surface area contributed by atoms with Crippen molar-refractivity contribution in [3.8, 4) is 11.6 Å². The third-order valence-corrected chi connectivity index (χ3v) is 17.7. The highest BCUT2D eigenvalue weighted by Crippen LogP contribution is 2.57. The van der Waals surface area contributed by atoms with E-state index in [1.54, 1.807) is 6.07 Å². The molecule has 69 heavy (non-hydrogen) atoms. The molecule has 0 bridgehead atoms. The number of anilines is 4. The lowest BCUT2D eigenvalue weighted by atomic mass is 9.59. The predicted molar refractivity (Wildman–Crippen MR) is 259 cm³/mol. The van der Waals surface area contributed by atoms with Crippen molar-refractivity contribution >= 4 is 55.4 Å². The monoisotopic (exact) mass is 958 g/mol. The molecule has 6 aliphatic heterocycles. The molecule has 0 radical (unpaired) electrons. The second-order valence-electron chi connectivity index (χ2n) is 20.2. The summed E-state index contributed by atoms with van der Waals surface area (Å²) in [5.41, 5.74) is 4.26. The minimum Gasteiger partial charge on any atom is -0.493 e. The Kier molecular flexibility index (Phi) is 11.2. The number of nitrogens with one attached hydrogen (secondary N) is 3. The number of likely N-dealkylation sites (tertiary alicyclic amines) is 1. The molecule has 3 atom stereocenters. The van der Waals surface area contributed by atoms with Gasteiger partial charge in [-0.15, -0.1) is 0 Å². The van der Waals surface area contributed by atoms with Gasteiger partial charge in [0.2, 0.25) is 5.88 Å². The van der Waals surface area contributed by atoms with E-state index in [2.05, 4.69) is 49.1 Å². The molecule has 3 N–H and O–H groups in total. The van der Waals surface area contributed by atoms with E-state index < -0.39 is 37.5 Å². The summed E-state index contributed by atoms with van der Waals surface area (Å²) in [6.07, 6.45) is 12.1. The molecule has 362 valence electrons. The molecule has 1 saturated carbocycles. The molecule has 5 aromatic rings. The fourth-order valence-electron chi connectivity index (χ4n) is 12.7. The van der Waals surface area contributed by atoms with Crippen molar-refractivity contribution in [2.24, 2.45) is 11.3 Å². The highest BCUT2D eigenvalue weighted by Gasteiger charge is 2.55. The molecule has 7 aliphatic rings. The fraction of sp³-hybridized carbons (Fsp3) is 0.490. The van der Waals surface area contributed by atoms with Gasteiger partial charge in [0.1, 0.15) is 28.9 Å². The summed E-state index contributed by atoms with van der Waals surface area (Å²) in [6.45, 7) is 5.93. The Labute approximate surface area is 401 Å². The number of piperidine rings is 1. The maximum absolute atomic E-state index is 14.6. The maximum atomic E-state index is 14.6. The van der Waals surface area contributed by atoms with Crippen molar-refractivity contribution in [2.75, 3.05) is 74.3 Å². The number of nitro benzene ring substituents is 1. The lowest BCUT2D eigenvalue weighted by Crippen LogP contribution is -2.58. The zero-order valence-corrected chi connectivity index (χ0v) is 39.4. The molecule has 1 unspecified atom stereocenters. The van der Waals surface area contributed by atoms with Gasteiger partial charge in [0, 0.05) is 67.8 Å². The van der Waals surface area contributed by atoms with Crippen LogP contribution in [-0.4, -0.2) is 112 Å². The second kappa shape index (κ2) is 17.5.